The fraction of sp³-hybridized carbons (Fsp3) is 0.476. The van der Waals surface area contributed by atoms with Crippen molar-refractivity contribution in [2.45, 2.75) is 19.9 Å². The molecule has 2 aromatic rings. The number of guanidine groups is 1. The highest BCUT2D eigenvalue weighted by atomic mass is 16.5. The molecule has 1 aliphatic heterocycles. The highest BCUT2D eigenvalue weighted by Gasteiger charge is 2.20. The third kappa shape index (κ3) is 6.90. The lowest BCUT2D eigenvalue weighted by Crippen LogP contribution is -2.52. The highest BCUT2D eigenvalue weighted by Crippen LogP contribution is 2.07. The molecule has 2 heterocycles. The fourth-order valence-electron chi connectivity index (χ4n) is 3.29. The third-order valence-electron chi connectivity index (χ3n) is 4.83. The van der Waals surface area contributed by atoms with Gasteiger partial charge in [-0.05, 0) is 18.9 Å². The Morgan fingerprint density at radius 1 is 1.14 bits per heavy atom. The third-order valence-corrected chi connectivity index (χ3v) is 4.83. The minimum atomic E-state index is -0.0546. The van der Waals surface area contributed by atoms with E-state index in [9.17, 15) is 4.79 Å². The number of nitrogens with one attached hydrogen (secondary N) is 2. The van der Waals surface area contributed by atoms with E-state index in [2.05, 4.69) is 42.7 Å². The molecule has 29 heavy (non-hydrogen) atoms. The normalized spacial score (nSPS) is 15.3. The largest absolute Gasteiger partial charge is 0.364 e. The maximum absolute atomic E-state index is 12.2. The second-order valence-electron chi connectivity index (χ2n) is 7.01. The van der Waals surface area contributed by atoms with Gasteiger partial charge in [-0.15, -0.1) is 0 Å². The Kier molecular flexibility index (Phi) is 8.06. The van der Waals surface area contributed by atoms with Crippen LogP contribution >= 0.6 is 0 Å². The number of piperazine rings is 1. The van der Waals surface area contributed by atoms with Crippen LogP contribution in [0.15, 0.2) is 52.2 Å². The molecule has 0 radical (unpaired) electrons. The van der Waals surface area contributed by atoms with Gasteiger partial charge in [0, 0.05) is 51.9 Å². The number of amides is 1. The van der Waals surface area contributed by atoms with Crippen molar-refractivity contribution >= 4 is 11.9 Å². The zero-order chi connectivity index (χ0) is 20.3. The van der Waals surface area contributed by atoms with Gasteiger partial charge in [0.05, 0.1) is 5.69 Å². The molecular formula is C21H30N6O2. The smallest absolute Gasteiger partial charge is 0.241 e. The molecule has 1 aromatic carbocycles. The lowest BCUT2D eigenvalue weighted by Gasteiger charge is -2.36. The van der Waals surface area contributed by atoms with Gasteiger partial charge in [-0.2, -0.15) is 0 Å². The van der Waals surface area contributed by atoms with E-state index in [4.69, 9.17) is 4.52 Å². The molecule has 1 amide bonds. The van der Waals surface area contributed by atoms with Crippen LogP contribution in [-0.2, 0) is 17.8 Å². The summed E-state index contributed by atoms with van der Waals surface area (Å²) >= 11 is 0. The van der Waals surface area contributed by atoms with Gasteiger partial charge in [-0.25, -0.2) is 4.99 Å². The quantitative estimate of drug-likeness (QED) is 0.512. The minimum Gasteiger partial charge on any atom is -0.364 e. The van der Waals surface area contributed by atoms with E-state index >= 15 is 0 Å². The molecule has 8 heteroatoms. The van der Waals surface area contributed by atoms with E-state index in [-0.39, 0.29) is 12.5 Å². The molecule has 1 aromatic heterocycles. The van der Waals surface area contributed by atoms with Crippen LogP contribution in [0.2, 0.25) is 0 Å². The van der Waals surface area contributed by atoms with Crippen LogP contribution < -0.4 is 10.6 Å². The molecule has 156 valence electrons. The predicted octanol–water partition coefficient (Wildman–Crippen LogP) is 1.12. The summed E-state index contributed by atoms with van der Waals surface area (Å²) in [5.74, 6) is 0.743. The SMILES string of the molecule is CCNC(=NCC(=O)NCCc1ccccc1)N1CCN(Cc2ccon2)CC1. The molecule has 0 atom stereocenters. The van der Waals surface area contributed by atoms with E-state index in [1.165, 1.54) is 5.56 Å². The van der Waals surface area contributed by atoms with Crippen LogP contribution in [0.25, 0.3) is 0 Å². The number of carbonyl (C=O) groups excluding carboxylic acids is 1. The molecule has 0 spiro atoms. The second-order valence-corrected chi connectivity index (χ2v) is 7.01. The van der Waals surface area contributed by atoms with E-state index in [1.54, 1.807) is 6.26 Å². The number of aromatic nitrogens is 1. The standard InChI is InChI=1S/C21H30N6O2/c1-2-22-21(24-16-20(28)23-10-8-18-6-4-3-5-7-18)27-13-11-26(12-14-27)17-19-9-15-29-25-19/h3-7,9,15H,2,8,10-14,16-17H2,1H3,(H,22,24)(H,23,28). The summed E-state index contributed by atoms with van der Waals surface area (Å²) in [5, 5.41) is 10.2. The highest BCUT2D eigenvalue weighted by molar-refractivity contribution is 5.85. The molecule has 1 aliphatic rings. The lowest BCUT2D eigenvalue weighted by molar-refractivity contribution is -0.119. The first-order valence-corrected chi connectivity index (χ1v) is 10.2. The van der Waals surface area contributed by atoms with Crippen LogP contribution in [0.1, 0.15) is 18.2 Å². The van der Waals surface area contributed by atoms with E-state index < -0.39 is 0 Å². The van der Waals surface area contributed by atoms with Crippen molar-refractivity contribution in [3.05, 3.63) is 53.9 Å². The Labute approximate surface area is 172 Å². The van der Waals surface area contributed by atoms with Crippen LogP contribution in [0, 0.1) is 0 Å². The van der Waals surface area contributed by atoms with Gasteiger partial charge in [0.25, 0.3) is 0 Å². The summed E-state index contributed by atoms with van der Waals surface area (Å²) in [6, 6.07) is 12.0. The summed E-state index contributed by atoms with van der Waals surface area (Å²) in [7, 11) is 0. The minimum absolute atomic E-state index is 0.0546. The summed E-state index contributed by atoms with van der Waals surface area (Å²) < 4.78 is 4.90. The van der Waals surface area contributed by atoms with Gasteiger partial charge in [-0.1, -0.05) is 35.5 Å². The average molecular weight is 399 g/mol. The van der Waals surface area contributed by atoms with Crippen molar-refractivity contribution in [1.29, 1.82) is 0 Å². The maximum Gasteiger partial charge on any atom is 0.241 e. The van der Waals surface area contributed by atoms with Crippen LogP contribution in [0.4, 0.5) is 0 Å². The number of hydrogen-bond acceptors (Lipinski definition) is 5. The van der Waals surface area contributed by atoms with Gasteiger partial charge >= 0.3 is 0 Å². The van der Waals surface area contributed by atoms with Gasteiger partial charge < -0.3 is 20.1 Å². The van der Waals surface area contributed by atoms with E-state index in [1.807, 2.05) is 31.2 Å². The zero-order valence-corrected chi connectivity index (χ0v) is 17.0. The van der Waals surface area contributed by atoms with E-state index in [0.29, 0.717) is 6.54 Å². The maximum atomic E-state index is 12.2. The Morgan fingerprint density at radius 3 is 2.62 bits per heavy atom. The van der Waals surface area contributed by atoms with Gasteiger partial charge in [0.15, 0.2) is 5.96 Å². The second kappa shape index (κ2) is 11.2. The summed E-state index contributed by atoms with van der Waals surface area (Å²) in [6.07, 6.45) is 2.43. The lowest BCUT2D eigenvalue weighted by atomic mass is 10.1. The Hall–Kier alpha value is -2.87. The Morgan fingerprint density at radius 2 is 1.93 bits per heavy atom. The topological polar surface area (TPSA) is 86.0 Å². The van der Waals surface area contributed by atoms with Crippen LogP contribution in [-0.4, -0.2) is 72.6 Å². The van der Waals surface area contributed by atoms with Crippen LogP contribution in [0.5, 0.6) is 0 Å². The molecule has 0 aliphatic carbocycles. The number of benzene rings is 1. The summed E-state index contributed by atoms with van der Waals surface area (Å²) in [5.41, 5.74) is 2.17. The van der Waals surface area contributed by atoms with Gasteiger partial charge in [0.2, 0.25) is 5.91 Å². The molecule has 0 saturated carbocycles. The van der Waals surface area contributed by atoms with Crippen molar-refractivity contribution < 1.29 is 9.32 Å². The number of hydrogen-bond donors (Lipinski definition) is 2. The number of aliphatic imine (C=N–C) groups is 1. The summed E-state index contributed by atoms with van der Waals surface area (Å²) in [4.78, 5) is 21.3. The Bertz CT molecular complexity index is 755. The molecule has 0 unspecified atom stereocenters. The van der Waals surface area contributed by atoms with Crippen molar-refractivity contribution in [1.82, 2.24) is 25.6 Å². The molecule has 0 bridgehead atoms. The van der Waals surface area contributed by atoms with Crippen molar-refractivity contribution in [2.75, 3.05) is 45.8 Å². The zero-order valence-electron chi connectivity index (χ0n) is 17.0. The first-order chi connectivity index (χ1) is 14.2. The molecular weight excluding hydrogens is 368 g/mol. The first kappa shape index (κ1) is 20.9. The molecule has 1 fully saturated rings. The van der Waals surface area contributed by atoms with Gasteiger partial charge in [0.1, 0.15) is 12.8 Å². The summed E-state index contributed by atoms with van der Waals surface area (Å²) in [6.45, 7) is 7.91. The number of carbonyl (C=O) groups is 1. The van der Waals surface area contributed by atoms with Crippen LogP contribution in [0.3, 0.4) is 0 Å². The molecule has 3 rings (SSSR count). The number of nitrogens with zero attached hydrogens (tertiary/aromatic N) is 4. The predicted molar refractivity (Wildman–Crippen MR) is 112 cm³/mol. The average Bonchev–Trinajstić information content (AvgIpc) is 3.26. The molecule has 1 saturated heterocycles. The van der Waals surface area contributed by atoms with Crippen molar-refractivity contribution in [2.24, 2.45) is 4.99 Å². The number of rotatable bonds is 8. The molecule has 2 N–H and O–H groups in total. The van der Waals surface area contributed by atoms with Crippen molar-refractivity contribution in [3.8, 4) is 0 Å². The first-order valence-electron chi connectivity index (χ1n) is 10.2. The van der Waals surface area contributed by atoms with Gasteiger partial charge in [-0.3, -0.25) is 9.69 Å². The Balaban J connectivity index is 1.42. The fourth-order valence-corrected chi connectivity index (χ4v) is 3.29. The monoisotopic (exact) mass is 398 g/mol. The molecule has 8 nitrogen and oxygen atoms in total. The van der Waals surface area contributed by atoms with E-state index in [0.717, 1.165) is 57.3 Å². The van der Waals surface area contributed by atoms with Crippen molar-refractivity contribution in [3.63, 3.8) is 0 Å².